The number of hydrogen-bond donors (Lipinski definition) is 2. The van der Waals surface area contributed by atoms with Gasteiger partial charge in [0.05, 0.1) is 23.8 Å². The van der Waals surface area contributed by atoms with Crippen LogP contribution in [0.25, 0.3) is 0 Å². The fraction of sp³-hybridized carbons (Fsp3) is 0.273. The van der Waals surface area contributed by atoms with Crippen LogP contribution in [0.3, 0.4) is 0 Å². The summed E-state index contributed by atoms with van der Waals surface area (Å²) >= 11 is 0. The summed E-state index contributed by atoms with van der Waals surface area (Å²) in [4.78, 5) is 49.9. The molecule has 0 fully saturated rings. The Hall–Kier alpha value is -3.68. The summed E-state index contributed by atoms with van der Waals surface area (Å²) in [5.41, 5.74) is 1.22. The van der Waals surface area contributed by atoms with E-state index >= 15 is 0 Å². The van der Waals surface area contributed by atoms with Crippen LogP contribution in [0.2, 0.25) is 0 Å². The monoisotopic (exact) mass is 409 g/mol. The summed E-state index contributed by atoms with van der Waals surface area (Å²) in [6, 6.07) is 13.6. The van der Waals surface area contributed by atoms with Crippen LogP contribution in [0, 0.1) is 0 Å². The van der Waals surface area contributed by atoms with Gasteiger partial charge in [0.2, 0.25) is 5.91 Å². The highest BCUT2D eigenvalue weighted by Gasteiger charge is 2.34. The van der Waals surface area contributed by atoms with Gasteiger partial charge in [-0.2, -0.15) is 0 Å². The highest BCUT2D eigenvalue weighted by molar-refractivity contribution is 6.21. The molecule has 8 heteroatoms. The van der Waals surface area contributed by atoms with Gasteiger partial charge < -0.3 is 15.4 Å². The van der Waals surface area contributed by atoms with E-state index in [0.717, 1.165) is 0 Å². The van der Waals surface area contributed by atoms with Gasteiger partial charge in [0, 0.05) is 26.1 Å². The van der Waals surface area contributed by atoms with Gasteiger partial charge in [-0.1, -0.05) is 24.3 Å². The number of rotatable bonds is 9. The molecule has 0 aliphatic carbocycles. The lowest BCUT2D eigenvalue weighted by atomic mass is 10.1. The lowest BCUT2D eigenvalue weighted by Crippen LogP contribution is -2.35. The number of fused-ring (bicyclic) bond motifs is 1. The average Bonchev–Trinajstić information content (AvgIpc) is 3.01. The Morgan fingerprint density at radius 2 is 1.50 bits per heavy atom. The number of amides is 4. The molecule has 0 radical (unpaired) electrons. The number of para-hydroxylation sites is 1. The highest BCUT2D eigenvalue weighted by atomic mass is 16.5. The van der Waals surface area contributed by atoms with E-state index in [1.807, 2.05) is 0 Å². The van der Waals surface area contributed by atoms with Gasteiger partial charge in [-0.3, -0.25) is 24.1 Å². The Bertz CT molecular complexity index is 938. The van der Waals surface area contributed by atoms with Crippen LogP contribution in [-0.4, -0.2) is 55.3 Å². The van der Waals surface area contributed by atoms with E-state index < -0.39 is 0 Å². The maximum atomic E-state index is 12.3. The third kappa shape index (κ3) is 4.65. The predicted molar refractivity (Wildman–Crippen MR) is 109 cm³/mol. The second-order valence-electron chi connectivity index (χ2n) is 6.72. The van der Waals surface area contributed by atoms with E-state index in [1.165, 1.54) is 12.0 Å². The molecule has 2 N–H and O–H groups in total. The van der Waals surface area contributed by atoms with Crippen LogP contribution in [0.1, 0.15) is 43.9 Å². The summed E-state index contributed by atoms with van der Waals surface area (Å²) in [6.45, 7) is 0.720. The van der Waals surface area contributed by atoms with Crippen molar-refractivity contribution in [2.75, 3.05) is 26.7 Å². The third-order valence-corrected chi connectivity index (χ3v) is 4.75. The molecule has 1 aliphatic rings. The van der Waals surface area contributed by atoms with E-state index in [1.54, 1.807) is 48.5 Å². The van der Waals surface area contributed by atoms with Gasteiger partial charge in [-0.05, 0) is 30.7 Å². The zero-order valence-electron chi connectivity index (χ0n) is 16.6. The number of carbonyl (C=O) groups excluding carboxylic acids is 4. The van der Waals surface area contributed by atoms with Crippen LogP contribution in [-0.2, 0) is 4.79 Å². The summed E-state index contributed by atoms with van der Waals surface area (Å²) in [5, 5.41) is 5.43. The van der Waals surface area contributed by atoms with E-state index in [0.29, 0.717) is 28.9 Å². The molecular formula is C22H23N3O5. The average molecular weight is 409 g/mol. The molecule has 0 atom stereocenters. The first-order valence-electron chi connectivity index (χ1n) is 9.66. The number of benzene rings is 2. The molecule has 0 saturated heterocycles. The largest absolute Gasteiger partial charge is 0.496 e. The smallest absolute Gasteiger partial charge is 0.261 e. The molecule has 0 unspecified atom stereocenters. The maximum Gasteiger partial charge on any atom is 0.261 e. The Morgan fingerprint density at radius 3 is 2.17 bits per heavy atom. The molecule has 2 aromatic rings. The van der Waals surface area contributed by atoms with Crippen molar-refractivity contribution in [3.63, 3.8) is 0 Å². The van der Waals surface area contributed by atoms with Gasteiger partial charge in [0.1, 0.15) is 5.75 Å². The number of methoxy groups -OCH3 is 1. The lowest BCUT2D eigenvalue weighted by molar-refractivity contribution is -0.121. The minimum Gasteiger partial charge on any atom is -0.496 e. The third-order valence-electron chi connectivity index (χ3n) is 4.75. The van der Waals surface area contributed by atoms with Crippen LogP contribution in [0.15, 0.2) is 48.5 Å². The van der Waals surface area contributed by atoms with Crippen molar-refractivity contribution >= 4 is 23.6 Å². The van der Waals surface area contributed by atoms with E-state index in [4.69, 9.17) is 4.74 Å². The molecule has 8 nitrogen and oxygen atoms in total. The zero-order chi connectivity index (χ0) is 21.5. The first-order chi connectivity index (χ1) is 14.5. The van der Waals surface area contributed by atoms with Crippen LogP contribution >= 0.6 is 0 Å². The number of carbonyl (C=O) groups is 4. The summed E-state index contributed by atoms with van der Waals surface area (Å²) in [6.07, 6.45) is 0.540. The minimum atomic E-state index is -0.324. The van der Waals surface area contributed by atoms with Crippen molar-refractivity contribution in [2.45, 2.75) is 12.8 Å². The molecule has 2 aromatic carbocycles. The first kappa shape index (κ1) is 21.0. The van der Waals surface area contributed by atoms with Gasteiger partial charge in [0.15, 0.2) is 0 Å². The first-order valence-corrected chi connectivity index (χ1v) is 9.66. The van der Waals surface area contributed by atoms with Crippen molar-refractivity contribution in [3.8, 4) is 5.75 Å². The molecule has 4 amide bonds. The second kappa shape index (κ2) is 9.69. The molecule has 156 valence electrons. The van der Waals surface area contributed by atoms with Gasteiger partial charge in [-0.15, -0.1) is 0 Å². The Labute approximate surface area is 174 Å². The van der Waals surface area contributed by atoms with Crippen molar-refractivity contribution in [3.05, 3.63) is 65.2 Å². The van der Waals surface area contributed by atoms with E-state index in [2.05, 4.69) is 10.6 Å². The number of ether oxygens (including phenoxy) is 1. The number of nitrogens with one attached hydrogen (secondary N) is 2. The van der Waals surface area contributed by atoms with Crippen molar-refractivity contribution < 1.29 is 23.9 Å². The van der Waals surface area contributed by atoms with Crippen LogP contribution in [0.4, 0.5) is 0 Å². The second-order valence-corrected chi connectivity index (χ2v) is 6.72. The van der Waals surface area contributed by atoms with Gasteiger partial charge >= 0.3 is 0 Å². The molecule has 1 heterocycles. The Kier molecular flexibility index (Phi) is 6.79. The van der Waals surface area contributed by atoms with Crippen LogP contribution in [0.5, 0.6) is 5.75 Å². The summed E-state index contributed by atoms with van der Waals surface area (Å²) in [7, 11) is 1.49. The fourth-order valence-corrected chi connectivity index (χ4v) is 3.23. The lowest BCUT2D eigenvalue weighted by Gasteiger charge is -2.13. The molecule has 30 heavy (non-hydrogen) atoms. The van der Waals surface area contributed by atoms with Crippen molar-refractivity contribution in [1.82, 2.24) is 15.5 Å². The topological polar surface area (TPSA) is 105 Å². The standard InChI is InChI=1S/C22H23N3O5/c1-30-18-10-5-4-9-17(18)20(27)24-13-12-23-19(26)11-6-14-25-21(28)15-7-2-3-8-16(15)22(25)29/h2-5,7-10H,6,11-14H2,1H3,(H,23,26)(H,24,27). The highest BCUT2D eigenvalue weighted by Crippen LogP contribution is 2.22. The van der Waals surface area contributed by atoms with Crippen molar-refractivity contribution in [2.24, 2.45) is 0 Å². The number of imide groups is 1. The van der Waals surface area contributed by atoms with Gasteiger partial charge in [0.25, 0.3) is 17.7 Å². The quantitative estimate of drug-likeness (QED) is 0.484. The van der Waals surface area contributed by atoms with E-state index in [9.17, 15) is 19.2 Å². The molecule has 0 spiro atoms. The Balaban J connectivity index is 1.36. The molecule has 0 aromatic heterocycles. The molecule has 0 bridgehead atoms. The maximum absolute atomic E-state index is 12.3. The molecular weight excluding hydrogens is 386 g/mol. The predicted octanol–water partition coefficient (Wildman–Crippen LogP) is 1.62. The molecule has 1 aliphatic heterocycles. The zero-order valence-corrected chi connectivity index (χ0v) is 16.6. The summed E-state index contributed by atoms with van der Waals surface area (Å²) in [5.74, 6) is -0.664. The minimum absolute atomic E-state index is 0.174. The summed E-state index contributed by atoms with van der Waals surface area (Å²) < 4.78 is 5.15. The van der Waals surface area contributed by atoms with Crippen LogP contribution < -0.4 is 15.4 Å². The van der Waals surface area contributed by atoms with Crippen molar-refractivity contribution in [1.29, 1.82) is 0 Å². The Morgan fingerprint density at radius 1 is 0.900 bits per heavy atom. The number of nitrogens with zero attached hydrogens (tertiary/aromatic N) is 1. The fourth-order valence-electron chi connectivity index (χ4n) is 3.23. The number of hydrogen-bond acceptors (Lipinski definition) is 5. The SMILES string of the molecule is COc1ccccc1C(=O)NCCNC(=O)CCCN1C(=O)c2ccccc2C1=O. The molecule has 0 saturated carbocycles. The molecule has 3 rings (SSSR count). The van der Waals surface area contributed by atoms with Gasteiger partial charge in [-0.25, -0.2) is 0 Å². The normalized spacial score (nSPS) is 12.5. The van der Waals surface area contributed by atoms with E-state index in [-0.39, 0.29) is 49.7 Å².